The largest absolute Gasteiger partial charge is 0.480 e. The highest BCUT2D eigenvalue weighted by atomic mass is 79.9. The van der Waals surface area contributed by atoms with Crippen LogP contribution in [0.2, 0.25) is 0 Å². The number of hydrogen-bond acceptors (Lipinski definition) is 3. The summed E-state index contributed by atoms with van der Waals surface area (Å²) in [5.41, 5.74) is 0.945. The van der Waals surface area contributed by atoms with Gasteiger partial charge in [0.05, 0.1) is 11.6 Å². The monoisotopic (exact) mass is 336 g/mol. The Morgan fingerprint density at radius 3 is 2.60 bits per heavy atom. The van der Waals surface area contributed by atoms with Crippen LogP contribution in [0.4, 0.5) is 0 Å². The number of methoxy groups -OCH3 is 1. The molecule has 0 aliphatic carbocycles. The van der Waals surface area contributed by atoms with E-state index in [-0.39, 0.29) is 6.61 Å². The molecular formula is C10H10Br2O3. The van der Waals surface area contributed by atoms with E-state index >= 15 is 0 Å². The zero-order valence-electron chi connectivity index (χ0n) is 8.34. The minimum atomic E-state index is -0.399. The van der Waals surface area contributed by atoms with E-state index in [0.29, 0.717) is 5.75 Å². The number of aryl methyl sites for hydroxylation is 1. The predicted molar refractivity (Wildman–Crippen MR) is 64.1 cm³/mol. The molecule has 82 valence electrons. The molecule has 0 fully saturated rings. The van der Waals surface area contributed by atoms with Crippen LogP contribution in [0.3, 0.4) is 0 Å². The number of hydrogen-bond donors (Lipinski definition) is 0. The Balaban J connectivity index is 2.81. The van der Waals surface area contributed by atoms with Gasteiger partial charge in [0.25, 0.3) is 0 Å². The number of carbonyl (C=O) groups excluding carboxylic acids is 1. The van der Waals surface area contributed by atoms with Gasteiger partial charge in [0.15, 0.2) is 6.61 Å². The van der Waals surface area contributed by atoms with Crippen molar-refractivity contribution in [3.05, 3.63) is 26.6 Å². The smallest absolute Gasteiger partial charge is 0.343 e. The van der Waals surface area contributed by atoms with E-state index in [0.717, 1.165) is 14.5 Å². The third kappa shape index (κ3) is 3.50. The predicted octanol–water partition coefficient (Wildman–Crippen LogP) is 3.07. The highest BCUT2D eigenvalue weighted by Gasteiger charge is 2.09. The number of rotatable bonds is 3. The molecule has 0 heterocycles. The first-order valence-electron chi connectivity index (χ1n) is 4.20. The van der Waals surface area contributed by atoms with Gasteiger partial charge in [-0.15, -0.1) is 0 Å². The molecule has 0 atom stereocenters. The minimum Gasteiger partial charge on any atom is -0.480 e. The van der Waals surface area contributed by atoms with Crippen LogP contribution < -0.4 is 4.74 Å². The van der Waals surface area contributed by atoms with E-state index in [1.165, 1.54) is 7.11 Å². The molecule has 0 amide bonds. The van der Waals surface area contributed by atoms with Gasteiger partial charge in [-0.2, -0.15) is 0 Å². The highest BCUT2D eigenvalue weighted by Crippen LogP contribution is 2.32. The molecule has 1 rings (SSSR count). The zero-order chi connectivity index (χ0) is 11.4. The lowest BCUT2D eigenvalue weighted by molar-refractivity contribution is -0.142. The van der Waals surface area contributed by atoms with Gasteiger partial charge in [-0.1, -0.05) is 15.9 Å². The molecule has 0 bridgehead atoms. The zero-order valence-corrected chi connectivity index (χ0v) is 11.5. The molecule has 0 saturated heterocycles. The Labute approximate surface area is 105 Å². The number of benzene rings is 1. The Hall–Kier alpha value is -0.550. The summed E-state index contributed by atoms with van der Waals surface area (Å²) in [7, 11) is 1.33. The highest BCUT2D eigenvalue weighted by molar-refractivity contribution is 9.11. The van der Waals surface area contributed by atoms with E-state index < -0.39 is 5.97 Å². The summed E-state index contributed by atoms with van der Waals surface area (Å²) in [5, 5.41) is 0. The summed E-state index contributed by atoms with van der Waals surface area (Å²) in [6.07, 6.45) is 0. The van der Waals surface area contributed by atoms with Crippen molar-refractivity contribution in [2.75, 3.05) is 13.7 Å². The molecule has 1 aromatic rings. The SMILES string of the molecule is COC(=O)COc1c(C)cc(Br)cc1Br. The van der Waals surface area contributed by atoms with E-state index in [4.69, 9.17) is 4.74 Å². The molecular weight excluding hydrogens is 328 g/mol. The van der Waals surface area contributed by atoms with Gasteiger partial charge in [0.1, 0.15) is 5.75 Å². The van der Waals surface area contributed by atoms with Gasteiger partial charge >= 0.3 is 5.97 Å². The second-order valence-corrected chi connectivity index (χ2v) is 4.67. The van der Waals surface area contributed by atoms with Crippen molar-refractivity contribution in [3.63, 3.8) is 0 Å². The molecule has 3 nitrogen and oxygen atoms in total. The fraction of sp³-hybridized carbons (Fsp3) is 0.300. The fourth-order valence-corrected chi connectivity index (χ4v) is 2.62. The van der Waals surface area contributed by atoms with Crippen molar-refractivity contribution in [1.82, 2.24) is 0 Å². The molecule has 0 spiro atoms. The lowest BCUT2D eigenvalue weighted by Crippen LogP contribution is -2.13. The third-order valence-electron chi connectivity index (χ3n) is 1.76. The summed E-state index contributed by atoms with van der Waals surface area (Å²) in [4.78, 5) is 10.9. The maximum absolute atomic E-state index is 10.9. The average Bonchev–Trinajstić information content (AvgIpc) is 2.15. The minimum absolute atomic E-state index is 0.0857. The number of ether oxygens (including phenoxy) is 2. The van der Waals surface area contributed by atoms with Gasteiger partial charge in [-0.05, 0) is 40.5 Å². The molecule has 0 aromatic heterocycles. The van der Waals surface area contributed by atoms with Gasteiger partial charge < -0.3 is 9.47 Å². The van der Waals surface area contributed by atoms with Crippen LogP contribution in [0.15, 0.2) is 21.1 Å². The molecule has 15 heavy (non-hydrogen) atoms. The van der Waals surface area contributed by atoms with Gasteiger partial charge in [0.2, 0.25) is 0 Å². The summed E-state index contributed by atoms with van der Waals surface area (Å²) >= 11 is 6.73. The van der Waals surface area contributed by atoms with Crippen LogP contribution in [0, 0.1) is 6.92 Å². The lowest BCUT2D eigenvalue weighted by Gasteiger charge is -2.10. The standard InChI is InChI=1S/C10H10Br2O3/c1-6-3-7(11)4-8(12)10(6)15-5-9(13)14-2/h3-4H,5H2,1-2H3. The molecule has 5 heteroatoms. The van der Waals surface area contributed by atoms with Crippen LogP contribution in [0.1, 0.15) is 5.56 Å². The second-order valence-electron chi connectivity index (χ2n) is 2.90. The second kappa shape index (κ2) is 5.51. The Morgan fingerprint density at radius 1 is 1.40 bits per heavy atom. The van der Waals surface area contributed by atoms with Crippen LogP contribution in [0.25, 0.3) is 0 Å². The summed E-state index contributed by atoms with van der Waals surface area (Å²) in [6, 6.07) is 3.77. The van der Waals surface area contributed by atoms with Gasteiger partial charge in [0, 0.05) is 4.47 Å². The van der Waals surface area contributed by atoms with Crippen molar-refractivity contribution in [2.45, 2.75) is 6.92 Å². The third-order valence-corrected chi connectivity index (χ3v) is 2.80. The number of carbonyl (C=O) groups is 1. The van der Waals surface area contributed by atoms with Crippen LogP contribution in [-0.4, -0.2) is 19.7 Å². The molecule has 1 aromatic carbocycles. The van der Waals surface area contributed by atoms with Crippen LogP contribution in [0.5, 0.6) is 5.75 Å². The lowest BCUT2D eigenvalue weighted by atomic mass is 10.2. The van der Waals surface area contributed by atoms with Gasteiger partial charge in [-0.25, -0.2) is 4.79 Å². The number of esters is 1. The molecule has 0 N–H and O–H groups in total. The molecule has 0 saturated carbocycles. The Bertz CT molecular complexity index is 354. The summed E-state index contributed by atoms with van der Waals surface area (Å²) < 4.78 is 11.6. The first-order chi connectivity index (χ1) is 7.04. The van der Waals surface area contributed by atoms with Crippen molar-refractivity contribution >= 4 is 37.8 Å². The number of halogens is 2. The van der Waals surface area contributed by atoms with Gasteiger partial charge in [-0.3, -0.25) is 0 Å². The van der Waals surface area contributed by atoms with Crippen LogP contribution >= 0.6 is 31.9 Å². The van der Waals surface area contributed by atoms with Crippen LogP contribution in [-0.2, 0) is 9.53 Å². The Morgan fingerprint density at radius 2 is 2.07 bits per heavy atom. The maximum Gasteiger partial charge on any atom is 0.343 e. The van der Waals surface area contributed by atoms with E-state index in [2.05, 4.69) is 36.6 Å². The fourth-order valence-electron chi connectivity index (χ4n) is 1.06. The maximum atomic E-state index is 10.9. The molecule has 0 unspecified atom stereocenters. The first-order valence-corrected chi connectivity index (χ1v) is 5.78. The van der Waals surface area contributed by atoms with E-state index in [9.17, 15) is 4.79 Å². The van der Waals surface area contributed by atoms with Crippen molar-refractivity contribution in [1.29, 1.82) is 0 Å². The normalized spacial score (nSPS) is 9.87. The van der Waals surface area contributed by atoms with Crippen molar-refractivity contribution in [2.24, 2.45) is 0 Å². The van der Waals surface area contributed by atoms with Crippen molar-refractivity contribution < 1.29 is 14.3 Å². The molecule has 0 aliphatic rings. The molecule has 0 aliphatic heterocycles. The average molecular weight is 338 g/mol. The van der Waals surface area contributed by atoms with E-state index in [1.54, 1.807) is 0 Å². The quantitative estimate of drug-likeness (QED) is 0.795. The molecule has 0 radical (unpaired) electrons. The Kier molecular flexibility index (Phi) is 4.60. The summed E-state index contributed by atoms with van der Waals surface area (Å²) in [5.74, 6) is 0.257. The summed E-state index contributed by atoms with van der Waals surface area (Å²) in [6.45, 7) is 1.82. The topological polar surface area (TPSA) is 35.5 Å². The van der Waals surface area contributed by atoms with Crippen molar-refractivity contribution in [3.8, 4) is 5.75 Å². The first kappa shape index (κ1) is 12.5. The van der Waals surface area contributed by atoms with E-state index in [1.807, 2.05) is 19.1 Å².